The minimum absolute atomic E-state index is 0.00503. The number of amides is 2. The molecule has 464 valence electrons. The number of hydrogen-bond donors (Lipinski definition) is 4. The van der Waals surface area contributed by atoms with Crippen molar-refractivity contribution >= 4 is 70.2 Å². The van der Waals surface area contributed by atoms with Gasteiger partial charge in [0.05, 0.1) is 23.5 Å². The Morgan fingerprint density at radius 1 is 0.736 bits per heavy atom. The van der Waals surface area contributed by atoms with E-state index in [9.17, 15) is 48.6 Å². The molecule has 1 saturated heterocycles. The molecular weight excluding hydrogens is 1120 g/mol. The summed E-state index contributed by atoms with van der Waals surface area (Å²) in [6.07, 6.45) is -12.7. The molecule has 0 unspecified atom stereocenters. The number of carboxylic acid groups (broad SMARTS) is 1. The zero-order chi connectivity index (χ0) is 63.5. The van der Waals surface area contributed by atoms with E-state index in [-0.39, 0.29) is 58.9 Å². The largest absolute Gasteiger partial charge is 0.481 e. The molecule has 87 heavy (non-hydrogen) atoms. The molecule has 0 radical (unpaired) electrons. The average Bonchev–Trinajstić information content (AvgIpc) is 0.673. The van der Waals surface area contributed by atoms with E-state index in [1.165, 1.54) is 52.0 Å². The molecule has 3 aliphatic carbocycles. The van der Waals surface area contributed by atoms with Gasteiger partial charge in [0.2, 0.25) is 12.0 Å². The van der Waals surface area contributed by atoms with Gasteiger partial charge in [0, 0.05) is 56.9 Å². The molecule has 8 rings (SSSR count). The Morgan fingerprint density at radius 2 is 1.36 bits per heavy atom. The zero-order valence-electron chi connectivity index (χ0n) is 50.5. The lowest BCUT2D eigenvalue weighted by molar-refractivity contribution is -0.346. The van der Waals surface area contributed by atoms with E-state index in [1.807, 2.05) is 0 Å². The monoisotopic (exact) mass is 1200 g/mol. The summed E-state index contributed by atoms with van der Waals surface area (Å²) in [5, 5.41) is 30.9. The number of rotatable bonds is 21. The van der Waals surface area contributed by atoms with Crippen molar-refractivity contribution in [2.45, 2.75) is 168 Å². The van der Waals surface area contributed by atoms with Crippen molar-refractivity contribution < 1.29 is 91.3 Å². The van der Waals surface area contributed by atoms with Crippen LogP contribution in [0.25, 0.3) is 10.8 Å². The number of Topliss-reactive ketones (excluding diaryl/α,β-unsaturated/α-hetero) is 1. The van der Waals surface area contributed by atoms with Gasteiger partial charge in [0.25, 0.3) is 5.91 Å². The summed E-state index contributed by atoms with van der Waals surface area (Å²) in [5.41, 5.74) is -8.23. The highest BCUT2D eigenvalue weighted by Gasteiger charge is 2.79. The van der Waals surface area contributed by atoms with Gasteiger partial charge in [-0.1, -0.05) is 126 Å². The molecular formula is C66H76N2O19. The lowest BCUT2D eigenvalue weighted by Gasteiger charge is -2.67. The maximum Gasteiger partial charge on any atom is 0.350 e. The molecule has 21 nitrogen and oxygen atoms in total. The van der Waals surface area contributed by atoms with E-state index in [1.54, 1.807) is 107 Å². The van der Waals surface area contributed by atoms with Crippen molar-refractivity contribution in [2.24, 2.45) is 28.6 Å². The average molecular weight is 1200 g/mol. The Hall–Kier alpha value is -8.30. The van der Waals surface area contributed by atoms with Gasteiger partial charge in [-0.3, -0.25) is 38.4 Å². The maximum absolute atomic E-state index is 16.4. The molecule has 4 aliphatic rings. The summed E-state index contributed by atoms with van der Waals surface area (Å²) in [6, 6.07) is 24.3. The minimum Gasteiger partial charge on any atom is -0.481 e. The molecule has 4 N–H and O–H groups in total. The summed E-state index contributed by atoms with van der Waals surface area (Å²) in [5.74, 6) is -12.0. The fourth-order valence-electron chi connectivity index (χ4n) is 13.1. The number of hydrogen-bond acceptors (Lipinski definition) is 18. The Bertz CT molecular complexity index is 3350. The number of aliphatic carboxylic acids is 1. The number of ketones is 1. The Kier molecular flexibility index (Phi) is 19.3. The topological polar surface area (TPSA) is 300 Å². The number of carboxylic acids is 1. The number of aliphatic hydroxyl groups is 1. The number of carbonyl (C=O) groups excluding carboxylic acids is 9. The Morgan fingerprint density at radius 3 is 1.97 bits per heavy atom. The predicted molar refractivity (Wildman–Crippen MR) is 311 cm³/mol. The van der Waals surface area contributed by atoms with Gasteiger partial charge in [-0.15, -0.1) is 0 Å². The molecule has 2 bridgehead atoms. The number of esters is 6. The van der Waals surface area contributed by atoms with Gasteiger partial charge in [-0.2, -0.15) is 0 Å². The third-order valence-electron chi connectivity index (χ3n) is 17.4. The van der Waals surface area contributed by atoms with Gasteiger partial charge in [-0.25, -0.2) is 9.59 Å². The first-order valence-corrected chi connectivity index (χ1v) is 29.2. The third kappa shape index (κ3) is 13.1. The zero-order valence-corrected chi connectivity index (χ0v) is 50.5. The molecule has 12 atom stereocenters. The quantitative estimate of drug-likeness (QED) is 0.0358. The van der Waals surface area contributed by atoms with E-state index in [0.29, 0.717) is 10.8 Å². The van der Waals surface area contributed by atoms with E-state index in [0.717, 1.165) is 13.8 Å². The first-order chi connectivity index (χ1) is 41.0. The second kappa shape index (κ2) is 26.0. The molecule has 4 aromatic carbocycles. The maximum atomic E-state index is 16.4. The van der Waals surface area contributed by atoms with Crippen molar-refractivity contribution in [3.05, 3.63) is 131 Å². The molecule has 4 aromatic rings. The molecule has 21 heteroatoms. The van der Waals surface area contributed by atoms with E-state index in [4.69, 9.17) is 33.2 Å². The molecule has 3 fully saturated rings. The molecule has 0 spiro atoms. The van der Waals surface area contributed by atoms with Gasteiger partial charge < -0.3 is 54.0 Å². The lowest BCUT2D eigenvalue weighted by atomic mass is 9.44. The summed E-state index contributed by atoms with van der Waals surface area (Å²) in [7, 11) is 0. The van der Waals surface area contributed by atoms with Crippen LogP contribution in [-0.4, -0.2) is 130 Å². The number of carbonyl (C=O) groups is 10. The minimum atomic E-state index is -2.59. The van der Waals surface area contributed by atoms with Gasteiger partial charge in [0.15, 0.2) is 17.5 Å². The van der Waals surface area contributed by atoms with Crippen molar-refractivity contribution in [3.8, 4) is 0 Å². The highest BCUT2D eigenvalue weighted by molar-refractivity contribution is 6.08. The van der Waals surface area contributed by atoms with Gasteiger partial charge >= 0.3 is 41.8 Å². The highest BCUT2D eigenvalue weighted by Crippen LogP contribution is 2.65. The second-order valence-electron chi connectivity index (χ2n) is 24.6. The highest BCUT2D eigenvalue weighted by atomic mass is 16.6. The third-order valence-corrected chi connectivity index (χ3v) is 17.4. The van der Waals surface area contributed by atoms with E-state index < -0.39 is 162 Å². The first-order valence-electron chi connectivity index (χ1n) is 29.2. The number of nitrogens with one attached hydrogen (secondary N) is 2. The molecule has 2 saturated carbocycles. The fourth-order valence-corrected chi connectivity index (χ4v) is 13.1. The molecule has 0 aromatic heterocycles. The van der Waals surface area contributed by atoms with Crippen LogP contribution in [-0.2, 0) is 71.5 Å². The SMILES string of the molecule is CC(=O)O[C@H]1C(=O)[C@]2(C)[C@@H](OC(=O)CC(C)C)C[C@H]3OC[C@@]3(OC(C)=O)[C@H]2[C@H](OC(=O)c2ccccc2)[C@]2(O)C[C@H](OC(=O)[C@H](OC(=O)CC(C)C)[C@@H](NC(=O)[C@@H](CCC(=O)O)NC(=O)c3cccc4ccccc34)c3ccccc3)C(C)=C1C2(C)C. The van der Waals surface area contributed by atoms with Gasteiger partial charge in [0.1, 0.15) is 42.1 Å². The molecule has 1 aliphatic heterocycles. The van der Waals surface area contributed by atoms with Crippen molar-refractivity contribution in [3.63, 3.8) is 0 Å². The van der Waals surface area contributed by atoms with E-state index in [2.05, 4.69) is 10.6 Å². The van der Waals surface area contributed by atoms with Gasteiger partial charge in [-0.05, 0) is 77.8 Å². The lowest BCUT2D eigenvalue weighted by Crippen LogP contribution is -2.82. The molecule has 2 amide bonds. The van der Waals surface area contributed by atoms with Crippen molar-refractivity contribution in [1.29, 1.82) is 0 Å². The van der Waals surface area contributed by atoms with Crippen LogP contribution < -0.4 is 10.6 Å². The number of ether oxygens (including phenoxy) is 7. The summed E-state index contributed by atoms with van der Waals surface area (Å²) < 4.78 is 43.9. The van der Waals surface area contributed by atoms with Crippen molar-refractivity contribution in [2.75, 3.05) is 6.61 Å². The van der Waals surface area contributed by atoms with Crippen LogP contribution in [0.5, 0.6) is 0 Å². The van der Waals surface area contributed by atoms with Crippen LogP contribution in [0.15, 0.2) is 114 Å². The summed E-state index contributed by atoms with van der Waals surface area (Å²) in [6.45, 7) is 14.7. The Balaban J connectivity index is 1.29. The van der Waals surface area contributed by atoms with E-state index >= 15 is 9.59 Å². The second-order valence-corrected chi connectivity index (χ2v) is 24.6. The van der Waals surface area contributed by atoms with Crippen LogP contribution in [0.4, 0.5) is 0 Å². The normalized spacial score (nSPS) is 26.4. The fraction of sp³-hybridized carbons (Fsp3) is 0.485. The van der Waals surface area contributed by atoms with Crippen LogP contribution in [0.1, 0.15) is 140 Å². The van der Waals surface area contributed by atoms with Crippen LogP contribution in [0, 0.1) is 28.6 Å². The first kappa shape index (κ1) is 64.7. The predicted octanol–water partition coefficient (Wildman–Crippen LogP) is 7.43. The molecule has 1 heterocycles. The summed E-state index contributed by atoms with van der Waals surface area (Å²) >= 11 is 0. The van der Waals surface area contributed by atoms with Crippen LogP contribution in [0.2, 0.25) is 0 Å². The smallest absolute Gasteiger partial charge is 0.350 e. The Labute approximate surface area is 504 Å². The van der Waals surface area contributed by atoms with Crippen LogP contribution >= 0.6 is 0 Å². The van der Waals surface area contributed by atoms with Crippen LogP contribution in [0.3, 0.4) is 0 Å². The standard InChI is InChI=1S/C66H76N2O19/c1-35(2)30-50(73)84-47-32-48-65(34-81-48,87-39(7)70)56-58(86-61(78)42-23-15-12-16-24-42)66(80)33-46(37(5)52(63(66,8)9)54(82-38(6)69)57(75)64(47,56)10)83-62(79)55(85-51(74)31-36(3)4)53(41-21-13-11-14-22-41)68-60(77)45(28-29-49(71)72)67-59(76)44-27-19-25-40-20-17-18-26-43(40)44/h11-27,35-36,45-48,53-56,58,80H,28-34H2,1-10H3,(H,67,76)(H,68,77)(H,71,72)/t45-,46+,47+,48-,53+,54-,55-,56+,58+,64-,65+,66-/m1/s1. The summed E-state index contributed by atoms with van der Waals surface area (Å²) in [4.78, 5) is 143. The van der Waals surface area contributed by atoms with Crippen molar-refractivity contribution in [1.82, 2.24) is 10.6 Å². The number of fused-ring (bicyclic) bond motifs is 6. The number of benzene rings is 4.